The molecule has 2 rings (SSSR count). The molecule has 0 atom stereocenters. The van der Waals surface area contributed by atoms with E-state index in [-0.39, 0.29) is 11.7 Å². The molecule has 0 spiro atoms. The number of rotatable bonds is 3. The van der Waals surface area contributed by atoms with Crippen molar-refractivity contribution in [1.29, 1.82) is 0 Å². The zero-order valence-corrected chi connectivity index (χ0v) is 12.9. The van der Waals surface area contributed by atoms with Gasteiger partial charge in [0.05, 0.1) is 4.88 Å². The Labute approximate surface area is 127 Å². The fraction of sp³-hybridized carbons (Fsp3) is 0.200. The van der Waals surface area contributed by atoms with E-state index in [0.29, 0.717) is 10.4 Å². The van der Waals surface area contributed by atoms with Crippen molar-refractivity contribution >= 4 is 28.8 Å². The van der Waals surface area contributed by atoms with Gasteiger partial charge in [0.1, 0.15) is 0 Å². The number of anilines is 1. The Morgan fingerprint density at radius 2 is 1.90 bits per heavy atom. The average Bonchev–Trinajstić information content (AvgIpc) is 2.84. The van der Waals surface area contributed by atoms with Crippen LogP contribution in [0.4, 0.5) is 5.69 Å². The second kappa shape index (κ2) is 5.97. The maximum Gasteiger partial charge on any atom is 0.268 e. The van der Waals surface area contributed by atoms with Crippen LogP contribution in [-0.4, -0.2) is 24.0 Å². The fourth-order valence-corrected chi connectivity index (χ4v) is 2.88. The third-order valence-electron chi connectivity index (χ3n) is 3.34. The number of carbonyl (C=O) groups excluding carboxylic acids is 1. The van der Waals surface area contributed by atoms with Crippen molar-refractivity contribution in [2.75, 3.05) is 11.9 Å². The molecule has 0 saturated heterocycles. The lowest BCUT2D eigenvalue weighted by Gasteiger charge is -2.16. The second-order valence-corrected chi connectivity index (χ2v) is 6.00. The molecule has 0 saturated carbocycles. The summed E-state index contributed by atoms with van der Waals surface area (Å²) in [4.78, 5) is 15.9. The van der Waals surface area contributed by atoms with Gasteiger partial charge >= 0.3 is 0 Å². The topological polar surface area (TPSA) is 78.9 Å². The smallest absolute Gasteiger partial charge is 0.268 e. The molecule has 3 N–H and O–H groups in total. The van der Waals surface area contributed by atoms with E-state index in [2.05, 4.69) is 5.16 Å². The van der Waals surface area contributed by atoms with Gasteiger partial charge in [-0.2, -0.15) is 0 Å². The normalized spacial score (nSPS) is 11.5. The summed E-state index contributed by atoms with van der Waals surface area (Å²) in [6.45, 7) is 4.00. The SMILES string of the molecule is Cc1cc(C(=O)N(C)c2ccc(C(N)=NO)cc2)sc1C. The van der Waals surface area contributed by atoms with Crippen molar-refractivity contribution in [3.05, 3.63) is 51.2 Å². The summed E-state index contributed by atoms with van der Waals surface area (Å²) in [6, 6.07) is 8.85. The molecular weight excluding hydrogens is 286 g/mol. The highest BCUT2D eigenvalue weighted by Crippen LogP contribution is 2.24. The van der Waals surface area contributed by atoms with E-state index in [4.69, 9.17) is 10.9 Å². The van der Waals surface area contributed by atoms with Gasteiger partial charge in [0, 0.05) is 23.2 Å². The molecule has 0 fully saturated rings. The van der Waals surface area contributed by atoms with Gasteiger partial charge in [0.25, 0.3) is 5.91 Å². The van der Waals surface area contributed by atoms with E-state index in [9.17, 15) is 4.79 Å². The summed E-state index contributed by atoms with van der Waals surface area (Å²) < 4.78 is 0. The van der Waals surface area contributed by atoms with Crippen molar-refractivity contribution in [3.63, 3.8) is 0 Å². The van der Waals surface area contributed by atoms with Crippen LogP contribution < -0.4 is 10.6 Å². The summed E-state index contributed by atoms with van der Waals surface area (Å²) in [6.07, 6.45) is 0. The van der Waals surface area contributed by atoms with Crippen LogP contribution in [0.25, 0.3) is 0 Å². The zero-order chi connectivity index (χ0) is 15.6. The van der Waals surface area contributed by atoms with Crippen molar-refractivity contribution in [3.8, 4) is 0 Å². The average molecular weight is 303 g/mol. The first-order valence-corrected chi connectivity index (χ1v) is 7.18. The molecule has 6 heteroatoms. The predicted octanol–water partition coefficient (Wildman–Crippen LogP) is 2.74. The molecule has 0 radical (unpaired) electrons. The molecule has 0 aliphatic carbocycles. The summed E-state index contributed by atoms with van der Waals surface area (Å²) in [5, 5.41) is 11.6. The number of amides is 1. The minimum Gasteiger partial charge on any atom is -0.409 e. The Hall–Kier alpha value is -2.34. The first-order chi connectivity index (χ1) is 9.93. The first-order valence-electron chi connectivity index (χ1n) is 6.37. The van der Waals surface area contributed by atoms with Gasteiger partial charge in [-0.15, -0.1) is 11.3 Å². The number of aryl methyl sites for hydroxylation is 2. The molecule has 5 nitrogen and oxygen atoms in total. The van der Waals surface area contributed by atoms with Crippen molar-refractivity contribution in [2.45, 2.75) is 13.8 Å². The minimum absolute atomic E-state index is 0.0417. The predicted molar refractivity (Wildman–Crippen MR) is 85.5 cm³/mol. The summed E-state index contributed by atoms with van der Waals surface area (Å²) in [5.41, 5.74) is 7.99. The standard InChI is InChI=1S/C15H17N3O2S/c1-9-8-13(21-10(9)2)15(19)18(3)12-6-4-11(5-7-12)14(16)17-20/h4-8,20H,1-3H3,(H2,16,17). The molecule has 0 unspecified atom stereocenters. The van der Waals surface area contributed by atoms with Crippen molar-refractivity contribution in [2.24, 2.45) is 10.9 Å². The zero-order valence-electron chi connectivity index (χ0n) is 12.1. The van der Waals surface area contributed by atoms with Crippen LogP contribution in [0.3, 0.4) is 0 Å². The van der Waals surface area contributed by atoms with E-state index < -0.39 is 0 Å². The number of oxime groups is 1. The number of amidine groups is 1. The molecule has 110 valence electrons. The number of hydrogen-bond donors (Lipinski definition) is 2. The lowest BCUT2D eigenvalue weighted by Crippen LogP contribution is -2.25. The van der Waals surface area contributed by atoms with Crippen LogP contribution in [0.2, 0.25) is 0 Å². The quantitative estimate of drug-likeness (QED) is 0.396. The number of carbonyl (C=O) groups is 1. The second-order valence-electron chi connectivity index (χ2n) is 4.75. The molecule has 21 heavy (non-hydrogen) atoms. The van der Waals surface area contributed by atoms with Crippen LogP contribution in [0.1, 0.15) is 25.7 Å². The Balaban J connectivity index is 2.23. The number of nitrogens with two attached hydrogens (primary N) is 1. The summed E-state index contributed by atoms with van der Waals surface area (Å²) in [5.74, 6) is -0.00668. The maximum absolute atomic E-state index is 12.4. The van der Waals surface area contributed by atoms with Gasteiger partial charge in [-0.05, 0) is 49.7 Å². The molecule has 1 amide bonds. The van der Waals surface area contributed by atoms with E-state index in [1.807, 2.05) is 19.9 Å². The maximum atomic E-state index is 12.4. The Morgan fingerprint density at radius 3 is 2.38 bits per heavy atom. The van der Waals surface area contributed by atoms with Crippen LogP contribution in [0, 0.1) is 13.8 Å². The van der Waals surface area contributed by atoms with E-state index >= 15 is 0 Å². The van der Waals surface area contributed by atoms with Crippen LogP contribution >= 0.6 is 11.3 Å². The highest BCUT2D eigenvalue weighted by Gasteiger charge is 2.16. The lowest BCUT2D eigenvalue weighted by molar-refractivity contribution is 0.0997. The fourth-order valence-electron chi connectivity index (χ4n) is 1.87. The van der Waals surface area contributed by atoms with E-state index in [1.165, 1.54) is 11.3 Å². The number of thiophene rings is 1. The molecule has 1 aromatic carbocycles. The summed E-state index contributed by atoms with van der Waals surface area (Å²) >= 11 is 1.49. The molecule has 1 aromatic heterocycles. The number of benzene rings is 1. The van der Waals surface area contributed by atoms with Crippen molar-refractivity contribution in [1.82, 2.24) is 0 Å². The Morgan fingerprint density at radius 1 is 1.29 bits per heavy atom. The largest absolute Gasteiger partial charge is 0.409 e. The van der Waals surface area contributed by atoms with Crippen LogP contribution in [0.5, 0.6) is 0 Å². The van der Waals surface area contributed by atoms with Gasteiger partial charge in [-0.1, -0.05) is 5.16 Å². The first kappa shape index (κ1) is 15.1. The van der Waals surface area contributed by atoms with Crippen LogP contribution in [-0.2, 0) is 0 Å². The van der Waals surface area contributed by atoms with Gasteiger partial charge in [-0.25, -0.2) is 0 Å². The van der Waals surface area contributed by atoms with Crippen LogP contribution in [0.15, 0.2) is 35.5 Å². The van der Waals surface area contributed by atoms with Gasteiger partial charge in [-0.3, -0.25) is 4.79 Å². The lowest BCUT2D eigenvalue weighted by atomic mass is 10.2. The molecular formula is C15H17N3O2S. The molecule has 0 bridgehead atoms. The molecule has 0 aliphatic rings. The highest BCUT2D eigenvalue weighted by atomic mass is 32.1. The third kappa shape index (κ3) is 3.05. The molecule has 2 aromatic rings. The van der Waals surface area contributed by atoms with E-state index in [0.717, 1.165) is 16.1 Å². The monoisotopic (exact) mass is 303 g/mol. The van der Waals surface area contributed by atoms with Gasteiger partial charge in [0.15, 0.2) is 5.84 Å². The molecule has 1 heterocycles. The molecule has 0 aliphatic heterocycles. The third-order valence-corrected chi connectivity index (χ3v) is 4.48. The highest BCUT2D eigenvalue weighted by molar-refractivity contribution is 7.14. The van der Waals surface area contributed by atoms with Gasteiger partial charge < -0.3 is 15.8 Å². The van der Waals surface area contributed by atoms with Crippen molar-refractivity contribution < 1.29 is 10.0 Å². The summed E-state index contributed by atoms with van der Waals surface area (Å²) in [7, 11) is 1.73. The Kier molecular flexibility index (Phi) is 4.28. The number of nitrogens with zero attached hydrogens (tertiary/aromatic N) is 2. The van der Waals surface area contributed by atoms with Gasteiger partial charge in [0.2, 0.25) is 0 Å². The Bertz CT molecular complexity index is 670. The minimum atomic E-state index is -0.0484. The van der Waals surface area contributed by atoms with E-state index in [1.54, 1.807) is 36.2 Å². The number of hydrogen-bond acceptors (Lipinski definition) is 4.